The zero-order valence-electron chi connectivity index (χ0n) is 21.8. The fourth-order valence-electron chi connectivity index (χ4n) is 5.11. The molecule has 0 spiro atoms. The van der Waals surface area contributed by atoms with Crippen molar-refractivity contribution < 1.29 is 22.1 Å². The second-order valence-electron chi connectivity index (χ2n) is 9.88. The van der Waals surface area contributed by atoms with Crippen LogP contribution in [0.3, 0.4) is 0 Å². The average molecular weight is 542 g/mol. The summed E-state index contributed by atoms with van der Waals surface area (Å²) in [5.41, 5.74) is 4.05. The Morgan fingerprint density at radius 1 is 1.05 bits per heavy atom. The largest absolute Gasteiger partial charge is 0.368 e. The summed E-state index contributed by atoms with van der Waals surface area (Å²) in [5.74, 6) is -0.0725. The minimum absolute atomic E-state index is 0.0623. The number of amides is 1. The summed E-state index contributed by atoms with van der Waals surface area (Å²) < 4.78 is 46.8. The van der Waals surface area contributed by atoms with Gasteiger partial charge in [-0.25, -0.2) is 17.5 Å². The molecule has 1 amide bonds. The highest BCUT2D eigenvalue weighted by Crippen LogP contribution is 2.30. The standard InChI is InChI=1S/C27H32FN5O4S/c1-18-19(2)29-37-26(18)30-38(35,36)24-9-7-23(8-10-24)31-13-15-32(16-14-31)27(34)20(3)33-12-4-5-21-17-22(28)6-11-25(21)33/h6-11,17,20,30H,4-5,12-16H2,1-3H3/t20-/m1/s1. The van der Waals surface area contributed by atoms with E-state index in [0.29, 0.717) is 37.4 Å². The topological polar surface area (TPSA) is 99.0 Å². The van der Waals surface area contributed by atoms with E-state index in [1.165, 1.54) is 6.07 Å². The van der Waals surface area contributed by atoms with Gasteiger partial charge in [-0.3, -0.25) is 4.79 Å². The first-order valence-corrected chi connectivity index (χ1v) is 14.3. The molecule has 5 rings (SSSR count). The van der Waals surface area contributed by atoms with Crippen molar-refractivity contribution in [2.45, 2.75) is 44.6 Å². The zero-order valence-corrected chi connectivity index (χ0v) is 22.6. The van der Waals surface area contributed by atoms with Gasteiger partial charge in [0.2, 0.25) is 11.8 Å². The van der Waals surface area contributed by atoms with Gasteiger partial charge in [-0.05, 0) is 81.6 Å². The number of aromatic nitrogens is 1. The van der Waals surface area contributed by atoms with Crippen LogP contribution in [0.4, 0.5) is 21.6 Å². The van der Waals surface area contributed by atoms with Crippen LogP contribution in [0.15, 0.2) is 51.9 Å². The lowest BCUT2D eigenvalue weighted by molar-refractivity contribution is -0.132. The molecule has 38 heavy (non-hydrogen) atoms. The van der Waals surface area contributed by atoms with Crippen LogP contribution in [0, 0.1) is 19.7 Å². The smallest absolute Gasteiger partial charge is 0.264 e. The van der Waals surface area contributed by atoms with E-state index in [-0.39, 0.29) is 28.5 Å². The summed E-state index contributed by atoms with van der Waals surface area (Å²) in [6.45, 7) is 8.59. The number of benzene rings is 2. The number of sulfonamides is 1. The fraction of sp³-hybridized carbons (Fsp3) is 0.407. The Hall–Kier alpha value is -3.60. The quantitative estimate of drug-likeness (QED) is 0.508. The SMILES string of the molecule is Cc1noc(NS(=O)(=O)c2ccc(N3CCN(C(=O)[C@@H](C)N4CCCc5cc(F)ccc54)CC3)cc2)c1C. The van der Waals surface area contributed by atoms with Gasteiger partial charge in [-0.2, -0.15) is 0 Å². The zero-order chi connectivity index (χ0) is 27.0. The number of carbonyl (C=O) groups is 1. The van der Waals surface area contributed by atoms with Crippen molar-refractivity contribution in [1.82, 2.24) is 10.1 Å². The maximum absolute atomic E-state index is 13.7. The molecule has 0 saturated carbocycles. The Balaban J connectivity index is 1.20. The summed E-state index contributed by atoms with van der Waals surface area (Å²) in [6, 6.07) is 11.1. The summed E-state index contributed by atoms with van der Waals surface area (Å²) in [6.07, 6.45) is 1.71. The van der Waals surface area contributed by atoms with Gasteiger partial charge in [0.25, 0.3) is 10.0 Å². The molecule has 3 aromatic rings. The molecule has 1 atom stereocenters. The maximum Gasteiger partial charge on any atom is 0.264 e. The second-order valence-corrected chi connectivity index (χ2v) is 11.6. The lowest BCUT2D eigenvalue weighted by Gasteiger charge is -2.41. The third-order valence-corrected chi connectivity index (χ3v) is 8.86. The van der Waals surface area contributed by atoms with Gasteiger partial charge in [0.1, 0.15) is 11.9 Å². The fourth-order valence-corrected chi connectivity index (χ4v) is 6.15. The van der Waals surface area contributed by atoms with Crippen LogP contribution < -0.4 is 14.5 Å². The molecule has 2 aliphatic rings. The summed E-state index contributed by atoms with van der Waals surface area (Å²) >= 11 is 0. The number of carbonyl (C=O) groups excluding carboxylic acids is 1. The van der Waals surface area contributed by atoms with E-state index in [9.17, 15) is 17.6 Å². The lowest BCUT2D eigenvalue weighted by atomic mass is 9.99. The normalized spacial score (nSPS) is 16.8. The highest BCUT2D eigenvalue weighted by molar-refractivity contribution is 7.92. The first kappa shape index (κ1) is 26.0. The Morgan fingerprint density at radius 3 is 2.42 bits per heavy atom. The molecule has 11 heteroatoms. The molecular weight excluding hydrogens is 509 g/mol. The number of nitrogens with zero attached hydrogens (tertiary/aromatic N) is 4. The first-order valence-electron chi connectivity index (χ1n) is 12.8. The van der Waals surface area contributed by atoms with Crippen molar-refractivity contribution in [3.05, 3.63) is 65.1 Å². The van der Waals surface area contributed by atoms with Crippen molar-refractivity contribution in [3.8, 4) is 0 Å². The molecule has 2 aromatic carbocycles. The van der Waals surface area contributed by atoms with Crippen LogP contribution in [-0.2, 0) is 21.2 Å². The second kappa shape index (κ2) is 10.3. The summed E-state index contributed by atoms with van der Waals surface area (Å²) in [7, 11) is -3.81. The first-order chi connectivity index (χ1) is 18.1. The van der Waals surface area contributed by atoms with Gasteiger partial charge in [0, 0.05) is 49.7 Å². The number of hydrogen-bond acceptors (Lipinski definition) is 7. The van der Waals surface area contributed by atoms with Crippen molar-refractivity contribution in [2.75, 3.05) is 47.2 Å². The third-order valence-electron chi connectivity index (χ3n) is 7.51. The van der Waals surface area contributed by atoms with Gasteiger partial charge >= 0.3 is 0 Å². The van der Waals surface area contributed by atoms with Crippen LogP contribution >= 0.6 is 0 Å². The third kappa shape index (κ3) is 5.07. The highest BCUT2D eigenvalue weighted by atomic mass is 32.2. The minimum atomic E-state index is -3.81. The van der Waals surface area contributed by atoms with E-state index < -0.39 is 10.0 Å². The molecule has 2 aliphatic heterocycles. The Labute approximate surface area is 222 Å². The van der Waals surface area contributed by atoms with Crippen LogP contribution in [0.1, 0.15) is 30.2 Å². The van der Waals surface area contributed by atoms with Crippen LogP contribution in [0.5, 0.6) is 0 Å². The van der Waals surface area contributed by atoms with Crippen molar-refractivity contribution >= 4 is 33.2 Å². The molecule has 1 fully saturated rings. The molecule has 0 aliphatic carbocycles. The molecule has 1 N–H and O–H groups in total. The molecule has 202 valence electrons. The predicted octanol–water partition coefficient (Wildman–Crippen LogP) is 3.72. The Kier molecular flexibility index (Phi) is 7.04. The van der Waals surface area contributed by atoms with Crippen molar-refractivity contribution in [3.63, 3.8) is 0 Å². The van der Waals surface area contributed by atoms with Gasteiger partial charge in [0.15, 0.2) is 0 Å². The van der Waals surface area contributed by atoms with Crippen LogP contribution in [0.2, 0.25) is 0 Å². The molecular formula is C27H32FN5O4S. The Bertz CT molecular complexity index is 1430. The van der Waals surface area contributed by atoms with Crippen LogP contribution in [0.25, 0.3) is 0 Å². The number of piperazine rings is 1. The highest BCUT2D eigenvalue weighted by Gasteiger charge is 2.31. The number of fused-ring (bicyclic) bond motifs is 1. The van der Waals surface area contributed by atoms with E-state index in [4.69, 9.17) is 4.52 Å². The van der Waals surface area contributed by atoms with E-state index in [2.05, 4.69) is 19.7 Å². The van der Waals surface area contributed by atoms with Crippen LogP contribution in [-0.4, -0.2) is 63.1 Å². The molecule has 0 unspecified atom stereocenters. The van der Waals surface area contributed by atoms with E-state index in [0.717, 1.165) is 36.3 Å². The monoisotopic (exact) mass is 541 g/mol. The number of rotatable bonds is 6. The Morgan fingerprint density at radius 2 is 1.76 bits per heavy atom. The average Bonchev–Trinajstić information content (AvgIpc) is 3.23. The molecule has 1 saturated heterocycles. The predicted molar refractivity (Wildman–Crippen MR) is 144 cm³/mol. The summed E-state index contributed by atoms with van der Waals surface area (Å²) in [5, 5.41) is 3.79. The number of hydrogen-bond donors (Lipinski definition) is 1. The van der Waals surface area contributed by atoms with Gasteiger partial charge in [-0.15, -0.1) is 0 Å². The van der Waals surface area contributed by atoms with Gasteiger partial charge in [0.05, 0.1) is 10.6 Å². The van der Waals surface area contributed by atoms with Crippen molar-refractivity contribution in [1.29, 1.82) is 0 Å². The maximum atomic E-state index is 13.7. The number of anilines is 3. The van der Waals surface area contributed by atoms with E-state index >= 15 is 0 Å². The molecule has 0 bridgehead atoms. The molecule has 3 heterocycles. The number of aryl methyl sites for hydroxylation is 2. The van der Waals surface area contributed by atoms with Gasteiger partial charge < -0.3 is 19.2 Å². The van der Waals surface area contributed by atoms with E-state index in [1.807, 2.05) is 11.8 Å². The summed E-state index contributed by atoms with van der Waals surface area (Å²) in [4.78, 5) is 19.6. The molecule has 0 radical (unpaired) electrons. The number of nitrogens with one attached hydrogen (secondary N) is 1. The van der Waals surface area contributed by atoms with Gasteiger partial charge in [-0.1, -0.05) is 5.16 Å². The molecule has 1 aromatic heterocycles. The van der Waals surface area contributed by atoms with Crippen molar-refractivity contribution in [2.24, 2.45) is 0 Å². The number of halogens is 1. The van der Waals surface area contributed by atoms with E-state index in [1.54, 1.807) is 50.2 Å². The molecule has 9 nitrogen and oxygen atoms in total. The minimum Gasteiger partial charge on any atom is -0.368 e. The lowest BCUT2D eigenvalue weighted by Crippen LogP contribution is -2.55.